The molecule has 16 nitrogen and oxygen atoms in total. The molecule has 60 heavy (non-hydrogen) atoms. The van der Waals surface area contributed by atoms with E-state index < -0.39 is 71.8 Å². The van der Waals surface area contributed by atoms with Crippen LogP contribution in [0.2, 0.25) is 0 Å². The molecule has 0 unspecified atom stereocenters. The van der Waals surface area contributed by atoms with Gasteiger partial charge < -0.3 is 43.3 Å². The van der Waals surface area contributed by atoms with Crippen molar-refractivity contribution in [3.8, 4) is 0 Å². The fraction of sp³-hybridized carbons (Fsp3) is 0.727. The van der Waals surface area contributed by atoms with Crippen LogP contribution in [0.4, 0.5) is 4.79 Å². The van der Waals surface area contributed by atoms with Crippen molar-refractivity contribution in [3.05, 3.63) is 36.2 Å². The Balaban J connectivity index is 1.31. The number of para-hydroxylation sites is 1. The molecule has 16 heteroatoms. The number of carbonyl (C=O) groups excluding carboxylic acids is 2. The van der Waals surface area contributed by atoms with Gasteiger partial charge in [0.15, 0.2) is 11.9 Å². The zero-order valence-corrected chi connectivity index (χ0v) is 36.8. The van der Waals surface area contributed by atoms with Crippen LogP contribution in [0, 0.1) is 23.7 Å². The molecule has 0 spiro atoms. The quantitative estimate of drug-likeness (QED) is 0.298. The Morgan fingerprint density at radius 2 is 1.82 bits per heavy atom. The molecular weight excluding hydrogens is 773 g/mol. The van der Waals surface area contributed by atoms with Gasteiger partial charge in [-0.1, -0.05) is 45.0 Å². The van der Waals surface area contributed by atoms with Gasteiger partial charge in [-0.15, -0.1) is 0 Å². The Bertz CT molecular complexity index is 1930. The number of amides is 1. The number of esters is 1. The highest BCUT2D eigenvalue weighted by Gasteiger charge is 2.60. The minimum absolute atomic E-state index is 0.0122. The number of benzene rings is 1. The van der Waals surface area contributed by atoms with Crippen molar-refractivity contribution in [1.82, 2.24) is 19.8 Å². The van der Waals surface area contributed by atoms with Crippen LogP contribution in [-0.4, -0.2) is 149 Å². The second-order valence-electron chi connectivity index (χ2n) is 18.2. The maximum atomic E-state index is 14.6. The largest absolute Gasteiger partial charge is 0.458 e. The van der Waals surface area contributed by atoms with E-state index in [2.05, 4.69) is 29.0 Å². The van der Waals surface area contributed by atoms with E-state index >= 15 is 0 Å². The molecule has 0 saturated carbocycles. The lowest BCUT2D eigenvalue weighted by molar-refractivity contribution is -0.302. The molecule has 6 heterocycles. The normalized spacial score (nSPS) is 39.9. The smallest absolute Gasteiger partial charge is 0.410 e. The highest BCUT2D eigenvalue weighted by atomic mass is 16.7. The third-order valence-electron chi connectivity index (χ3n) is 13.6. The van der Waals surface area contributed by atoms with Gasteiger partial charge in [-0.2, -0.15) is 0 Å². The lowest BCUT2D eigenvalue weighted by atomic mass is 9.72. The Hall–Kier alpha value is -3.80. The van der Waals surface area contributed by atoms with Crippen LogP contribution in [0.5, 0.6) is 0 Å². The molecule has 5 aliphatic rings. The summed E-state index contributed by atoms with van der Waals surface area (Å²) in [5.41, 5.74) is 1.42. The summed E-state index contributed by atoms with van der Waals surface area (Å²) < 4.78 is 39.9. The maximum absolute atomic E-state index is 14.6. The molecule has 4 bridgehead atoms. The molecule has 0 radical (unpaired) electrons. The van der Waals surface area contributed by atoms with Crippen LogP contribution in [0.1, 0.15) is 80.2 Å². The summed E-state index contributed by atoms with van der Waals surface area (Å²) in [6, 6.07) is 5.05. The van der Waals surface area contributed by atoms with Gasteiger partial charge in [0.25, 0.3) is 0 Å². The van der Waals surface area contributed by atoms with Crippen LogP contribution in [0.3, 0.4) is 0 Å². The van der Waals surface area contributed by atoms with Gasteiger partial charge in [0.2, 0.25) is 0 Å². The summed E-state index contributed by atoms with van der Waals surface area (Å²) in [6.45, 7) is 16.7. The number of fused-ring (bicyclic) bond motifs is 5. The molecule has 1 aromatic heterocycles. The van der Waals surface area contributed by atoms with Crippen molar-refractivity contribution in [2.24, 2.45) is 33.8 Å². The zero-order valence-electron chi connectivity index (χ0n) is 36.8. The zero-order chi connectivity index (χ0) is 43.1. The molecule has 14 atom stereocenters. The average Bonchev–Trinajstić information content (AvgIpc) is 3.36. The van der Waals surface area contributed by atoms with Crippen LogP contribution >= 0.6 is 0 Å². The Morgan fingerprint density at radius 3 is 2.57 bits per heavy atom. The highest BCUT2D eigenvalue weighted by molar-refractivity contribution is 5.91. The van der Waals surface area contributed by atoms with Gasteiger partial charge in [0, 0.05) is 48.1 Å². The van der Waals surface area contributed by atoms with Crippen molar-refractivity contribution in [2.75, 3.05) is 40.4 Å². The predicted molar refractivity (Wildman–Crippen MR) is 222 cm³/mol. The molecule has 0 aliphatic carbocycles. The van der Waals surface area contributed by atoms with Crippen LogP contribution < -0.4 is 0 Å². The summed E-state index contributed by atoms with van der Waals surface area (Å²) in [5, 5.41) is 16.4. The first-order valence-corrected chi connectivity index (χ1v) is 21.6. The van der Waals surface area contributed by atoms with Gasteiger partial charge >= 0.3 is 12.1 Å². The summed E-state index contributed by atoms with van der Waals surface area (Å²) >= 11 is 0. The van der Waals surface area contributed by atoms with Crippen LogP contribution in [-0.2, 0) is 44.7 Å². The number of aliphatic imine (C=N–C) groups is 1. The standard InChI is InChI=1S/C44H64N6O10/c1-11-33-44(8)38-26(4)34(47-17-18-50(38)42(53)60-44)24(2)20-43(7)39(59-41-36(51)32(49(9)10)19-25(3)57-41)27(5)37(28(6)40(52)58-33)54-22-30(23-55-43)48-56-21-29-13-12-14-31-35(29)46-16-15-45-31/h12-16,24-28,32-33,36-39,41,51H,11,17-23H2,1-10H3/t24-,25+,26+,27+,28+,32-,33-,36+,37+,38-,39-,41-,43-,44-/m1/s1. The first-order chi connectivity index (χ1) is 28.6. The highest BCUT2D eigenvalue weighted by Crippen LogP contribution is 2.45. The summed E-state index contributed by atoms with van der Waals surface area (Å²) in [5.74, 6) is -2.29. The molecule has 1 amide bonds. The summed E-state index contributed by atoms with van der Waals surface area (Å²) in [6.07, 6.45) is -0.206. The van der Waals surface area contributed by atoms with Gasteiger partial charge in [-0.05, 0) is 73.0 Å². The summed E-state index contributed by atoms with van der Waals surface area (Å²) in [4.78, 5) is 51.9. The minimum Gasteiger partial charge on any atom is -0.458 e. The Labute approximate surface area is 353 Å². The molecule has 5 aliphatic heterocycles. The lowest BCUT2D eigenvalue weighted by Crippen LogP contribution is -2.60. The first kappa shape index (κ1) is 44.3. The number of likely N-dealkylation sites (N-methyl/N-ethyl adjacent to an activating group) is 1. The number of aliphatic hydroxyl groups is 1. The molecular formula is C44H64N6O10. The molecule has 1 aromatic carbocycles. The van der Waals surface area contributed by atoms with Crippen molar-refractivity contribution >= 4 is 34.5 Å². The number of cyclic esters (lactones) is 1. The molecule has 1 N–H and O–H groups in total. The number of hydrogen-bond acceptors (Lipinski definition) is 15. The van der Waals surface area contributed by atoms with E-state index in [0.717, 1.165) is 22.3 Å². The maximum Gasteiger partial charge on any atom is 0.410 e. The van der Waals surface area contributed by atoms with Crippen molar-refractivity contribution in [1.29, 1.82) is 0 Å². The number of carbonyl (C=O) groups is 2. The first-order valence-electron chi connectivity index (χ1n) is 21.6. The minimum atomic E-state index is -1.14. The van der Waals surface area contributed by atoms with E-state index in [4.69, 9.17) is 38.3 Å². The molecule has 4 saturated heterocycles. The fourth-order valence-electron chi connectivity index (χ4n) is 10.6. The molecule has 7 rings (SSSR count). The van der Waals surface area contributed by atoms with Crippen molar-refractivity contribution in [3.63, 3.8) is 0 Å². The topological polar surface area (TPSA) is 176 Å². The average molecular weight is 837 g/mol. The van der Waals surface area contributed by atoms with Crippen molar-refractivity contribution < 1.29 is 48.0 Å². The van der Waals surface area contributed by atoms with Gasteiger partial charge in [-0.3, -0.25) is 24.7 Å². The number of hydrogen-bond donors (Lipinski definition) is 1. The SMILES string of the molecule is CC[C@H]1OC(=O)[C@@H](C)[C@H]2OCC(=NOCc3cccc4nccnc34)CO[C@](C)(C[C@@H](C)C3=NCCN4C(=O)O[C@@]1(C)[C@H]4[C@H]3C)[C@H](O[C@H]1O[C@@H](C)C[C@@H](N(C)C)[C@@H]1O)[C@H]2C. The number of nitrogens with zero attached hydrogens (tertiary/aromatic N) is 6. The number of aliphatic hydroxyl groups excluding tert-OH is 1. The van der Waals surface area contributed by atoms with Crippen molar-refractivity contribution in [2.45, 2.75) is 141 Å². The van der Waals surface area contributed by atoms with Gasteiger partial charge in [-0.25, -0.2) is 4.79 Å². The van der Waals surface area contributed by atoms with E-state index in [1.807, 2.05) is 71.8 Å². The number of aromatic nitrogens is 2. The number of rotatable bonds is 7. The Morgan fingerprint density at radius 1 is 1.05 bits per heavy atom. The predicted octanol–water partition coefficient (Wildman–Crippen LogP) is 4.79. The number of ether oxygens (including phenoxy) is 6. The molecule has 2 aromatic rings. The van der Waals surface area contributed by atoms with E-state index in [9.17, 15) is 14.7 Å². The van der Waals surface area contributed by atoms with E-state index in [1.165, 1.54) is 0 Å². The lowest BCUT2D eigenvalue weighted by Gasteiger charge is -2.48. The number of oxime groups is 1. The monoisotopic (exact) mass is 836 g/mol. The van der Waals surface area contributed by atoms with E-state index in [-0.39, 0.29) is 43.8 Å². The van der Waals surface area contributed by atoms with E-state index in [0.29, 0.717) is 38.1 Å². The summed E-state index contributed by atoms with van der Waals surface area (Å²) in [7, 11) is 3.87. The van der Waals surface area contributed by atoms with Crippen LogP contribution in [0.15, 0.2) is 40.7 Å². The molecule has 330 valence electrons. The third kappa shape index (κ3) is 8.52. The fourth-order valence-corrected chi connectivity index (χ4v) is 10.6. The second kappa shape index (κ2) is 17.9. The van der Waals surface area contributed by atoms with E-state index in [1.54, 1.807) is 24.2 Å². The van der Waals surface area contributed by atoms with Gasteiger partial charge in [0.1, 0.15) is 24.5 Å². The van der Waals surface area contributed by atoms with Crippen LogP contribution in [0.25, 0.3) is 11.0 Å². The Kier molecular flexibility index (Phi) is 13.2. The van der Waals surface area contributed by atoms with Gasteiger partial charge in [0.05, 0.1) is 66.7 Å². The third-order valence-corrected chi connectivity index (χ3v) is 13.6. The second-order valence-corrected chi connectivity index (χ2v) is 18.2. The molecule has 4 fully saturated rings.